The van der Waals surface area contributed by atoms with E-state index in [1.165, 1.54) is 52.7 Å². The summed E-state index contributed by atoms with van der Waals surface area (Å²) in [6.07, 6.45) is 10.7. The van der Waals surface area contributed by atoms with E-state index in [4.69, 9.17) is 9.47 Å². The molecular weight excluding hydrogens is 304 g/mol. The van der Waals surface area contributed by atoms with Crippen molar-refractivity contribution in [2.24, 2.45) is 5.92 Å². The molecule has 0 amide bonds. The summed E-state index contributed by atoms with van der Waals surface area (Å²) in [5.74, 6) is -0.542. The van der Waals surface area contributed by atoms with Crippen molar-refractivity contribution in [3.8, 4) is 0 Å². The molecule has 0 aliphatic rings. The van der Waals surface area contributed by atoms with Gasteiger partial charge >= 0.3 is 11.9 Å². The van der Waals surface area contributed by atoms with E-state index in [-0.39, 0.29) is 5.92 Å². The van der Waals surface area contributed by atoms with Crippen LogP contribution in [-0.4, -0.2) is 26.2 Å². The number of unbranched alkanes of at least 4 members (excludes halogenated alkanes) is 7. The van der Waals surface area contributed by atoms with Gasteiger partial charge in [-0.05, 0) is 25.2 Å². The van der Waals surface area contributed by atoms with Gasteiger partial charge in [0.2, 0.25) is 0 Å². The lowest BCUT2D eigenvalue weighted by Gasteiger charge is -2.14. The van der Waals surface area contributed by atoms with Gasteiger partial charge in [-0.2, -0.15) is 0 Å². The van der Waals surface area contributed by atoms with E-state index in [1.807, 2.05) is 13.8 Å². The molecular formula is C20H36O4. The zero-order valence-corrected chi connectivity index (χ0v) is 16.3. The highest BCUT2D eigenvalue weighted by atomic mass is 16.5. The third-order valence-corrected chi connectivity index (χ3v) is 4.12. The maximum absolute atomic E-state index is 12.1. The van der Waals surface area contributed by atoms with Gasteiger partial charge in [-0.25, -0.2) is 9.59 Å². The van der Waals surface area contributed by atoms with Crippen LogP contribution in [0.15, 0.2) is 11.1 Å². The maximum atomic E-state index is 12.1. The Balaban J connectivity index is 4.66. The third-order valence-electron chi connectivity index (χ3n) is 4.12. The molecule has 0 aromatic rings. The summed E-state index contributed by atoms with van der Waals surface area (Å²) in [7, 11) is 2.72. The highest BCUT2D eigenvalue weighted by molar-refractivity contribution is 6.00. The summed E-state index contributed by atoms with van der Waals surface area (Å²) in [5, 5.41) is 0. The number of hydrogen-bond donors (Lipinski definition) is 0. The first-order valence-electron chi connectivity index (χ1n) is 9.36. The summed E-state index contributed by atoms with van der Waals surface area (Å²) < 4.78 is 9.75. The van der Waals surface area contributed by atoms with E-state index in [2.05, 4.69) is 6.92 Å². The fourth-order valence-electron chi connectivity index (χ4n) is 2.80. The fraction of sp³-hybridized carbons (Fsp3) is 0.800. The highest BCUT2D eigenvalue weighted by Crippen LogP contribution is 2.23. The van der Waals surface area contributed by atoms with Crippen molar-refractivity contribution >= 4 is 11.9 Å². The van der Waals surface area contributed by atoms with Crippen molar-refractivity contribution < 1.29 is 19.1 Å². The first kappa shape index (κ1) is 22.7. The van der Waals surface area contributed by atoms with Gasteiger partial charge in [0.1, 0.15) is 0 Å². The van der Waals surface area contributed by atoms with Gasteiger partial charge in [-0.1, -0.05) is 65.7 Å². The number of ether oxygens (including phenoxy) is 2. The molecule has 4 nitrogen and oxygen atoms in total. The molecule has 0 unspecified atom stereocenters. The SMILES string of the molecule is CCCCCCCCCC/C(C(=O)OC)=C(\CC(C)C)C(=O)OC. The van der Waals surface area contributed by atoms with E-state index >= 15 is 0 Å². The van der Waals surface area contributed by atoms with Gasteiger partial charge in [0, 0.05) is 11.1 Å². The molecule has 0 N–H and O–H groups in total. The molecule has 0 rings (SSSR count). The maximum Gasteiger partial charge on any atom is 0.334 e. The van der Waals surface area contributed by atoms with Crippen LogP contribution in [0.3, 0.4) is 0 Å². The Hall–Kier alpha value is -1.32. The Bertz CT molecular complexity index is 396. The zero-order valence-electron chi connectivity index (χ0n) is 16.3. The van der Waals surface area contributed by atoms with Crippen LogP contribution < -0.4 is 0 Å². The topological polar surface area (TPSA) is 52.6 Å². The zero-order chi connectivity index (χ0) is 18.4. The van der Waals surface area contributed by atoms with Crippen molar-refractivity contribution in [2.45, 2.75) is 85.0 Å². The quantitative estimate of drug-likeness (QED) is 0.262. The molecule has 4 heteroatoms. The minimum absolute atomic E-state index is 0.275. The predicted molar refractivity (Wildman–Crippen MR) is 97.7 cm³/mol. The molecule has 24 heavy (non-hydrogen) atoms. The molecule has 0 aromatic carbocycles. The first-order valence-corrected chi connectivity index (χ1v) is 9.36. The minimum atomic E-state index is -0.413. The van der Waals surface area contributed by atoms with Crippen LogP contribution in [0.5, 0.6) is 0 Å². The smallest absolute Gasteiger partial charge is 0.334 e. The lowest BCUT2D eigenvalue weighted by atomic mass is 9.94. The van der Waals surface area contributed by atoms with E-state index in [0.29, 0.717) is 24.0 Å². The number of rotatable bonds is 13. The van der Waals surface area contributed by atoms with Crippen molar-refractivity contribution in [1.82, 2.24) is 0 Å². The molecule has 0 radical (unpaired) electrons. The molecule has 0 bridgehead atoms. The normalized spacial score (nSPS) is 12.1. The summed E-state index contributed by atoms with van der Waals surface area (Å²) in [6.45, 7) is 6.26. The molecule has 0 aliphatic carbocycles. The predicted octanol–water partition coefficient (Wildman–Crippen LogP) is 5.21. The molecule has 0 saturated carbocycles. The van der Waals surface area contributed by atoms with E-state index < -0.39 is 11.9 Å². The van der Waals surface area contributed by atoms with E-state index in [9.17, 15) is 9.59 Å². The van der Waals surface area contributed by atoms with Crippen molar-refractivity contribution in [3.63, 3.8) is 0 Å². The Morgan fingerprint density at radius 2 is 1.21 bits per heavy atom. The lowest BCUT2D eigenvalue weighted by molar-refractivity contribution is -0.139. The molecule has 0 saturated heterocycles. The third kappa shape index (κ3) is 9.74. The van der Waals surface area contributed by atoms with Crippen molar-refractivity contribution in [3.05, 3.63) is 11.1 Å². The van der Waals surface area contributed by atoms with Crippen LogP contribution >= 0.6 is 0 Å². The van der Waals surface area contributed by atoms with Gasteiger partial charge < -0.3 is 9.47 Å². The number of carbonyl (C=O) groups is 2. The fourth-order valence-corrected chi connectivity index (χ4v) is 2.80. The average molecular weight is 341 g/mol. The molecule has 0 aliphatic heterocycles. The molecule has 0 aromatic heterocycles. The number of esters is 2. The summed E-state index contributed by atoms with van der Waals surface area (Å²) >= 11 is 0. The molecule has 140 valence electrons. The Kier molecular flexibility index (Phi) is 13.3. The van der Waals surface area contributed by atoms with Crippen LogP contribution in [0.1, 0.15) is 85.0 Å². The number of hydrogen-bond acceptors (Lipinski definition) is 4. The van der Waals surface area contributed by atoms with E-state index in [1.54, 1.807) is 0 Å². The number of methoxy groups -OCH3 is 2. The summed E-state index contributed by atoms with van der Waals surface area (Å²) in [4.78, 5) is 24.2. The van der Waals surface area contributed by atoms with Gasteiger partial charge in [0.05, 0.1) is 14.2 Å². The number of carbonyl (C=O) groups excluding carboxylic acids is 2. The molecule has 0 heterocycles. The lowest BCUT2D eigenvalue weighted by Crippen LogP contribution is -2.16. The largest absolute Gasteiger partial charge is 0.466 e. The van der Waals surface area contributed by atoms with Gasteiger partial charge in [-0.3, -0.25) is 0 Å². The first-order chi connectivity index (χ1) is 11.5. The summed E-state index contributed by atoms with van der Waals surface area (Å²) in [5.41, 5.74) is 0.964. The van der Waals surface area contributed by atoms with Gasteiger partial charge in [-0.15, -0.1) is 0 Å². The van der Waals surface area contributed by atoms with Crippen LogP contribution in [-0.2, 0) is 19.1 Å². The van der Waals surface area contributed by atoms with Crippen LogP contribution in [0.4, 0.5) is 0 Å². The molecule has 0 fully saturated rings. The van der Waals surface area contributed by atoms with Crippen LogP contribution in [0.2, 0.25) is 0 Å². The van der Waals surface area contributed by atoms with Gasteiger partial charge in [0.25, 0.3) is 0 Å². The van der Waals surface area contributed by atoms with E-state index in [0.717, 1.165) is 12.8 Å². The van der Waals surface area contributed by atoms with Crippen LogP contribution in [0.25, 0.3) is 0 Å². The molecule has 0 spiro atoms. The average Bonchev–Trinajstić information content (AvgIpc) is 2.57. The van der Waals surface area contributed by atoms with Gasteiger partial charge in [0.15, 0.2) is 0 Å². The summed E-state index contributed by atoms with van der Waals surface area (Å²) in [6, 6.07) is 0. The molecule has 0 atom stereocenters. The minimum Gasteiger partial charge on any atom is -0.466 e. The second-order valence-corrected chi connectivity index (χ2v) is 6.76. The highest BCUT2D eigenvalue weighted by Gasteiger charge is 2.22. The standard InChI is InChI=1S/C20H36O4/c1-6-7-8-9-10-11-12-13-14-17(19(21)23-4)18(15-16(2)3)20(22)24-5/h16H,6-15H2,1-5H3/b18-17-. The van der Waals surface area contributed by atoms with Crippen LogP contribution in [0, 0.1) is 5.92 Å². The Morgan fingerprint density at radius 1 is 0.750 bits per heavy atom. The second-order valence-electron chi connectivity index (χ2n) is 6.76. The second kappa shape index (κ2) is 14.1. The Labute approximate surface area is 148 Å². The van der Waals surface area contributed by atoms with Crippen molar-refractivity contribution in [2.75, 3.05) is 14.2 Å². The Morgan fingerprint density at radius 3 is 1.67 bits per heavy atom. The monoisotopic (exact) mass is 340 g/mol. The van der Waals surface area contributed by atoms with Crippen molar-refractivity contribution in [1.29, 1.82) is 0 Å².